The second-order valence-electron chi connectivity index (χ2n) is 7.52. The van der Waals surface area contributed by atoms with Crippen LogP contribution in [0.5, 0.6) is 0 Å². The van der Waals surface area contributed by atoms with Gasteiger partial charge < -0.3 is 14.6 Å². The molecule has 0 unspecified atom stereocenters. The van der Waals surface area contributed by atoms with Crippen LogP contribution >= 0.6 is 0 Å². The molecular formula is C17H24BF2NO3. The van der Waals surface area contributed by atoms with Gasteiger partial charge in [-0.05, 0) is 39.7 Å². The van der Waals surface area contributed by atoms with Crippen LogP contribution < -0.4 is 10.8 Å². The molecule has 1 fully saturated rings. The molecule has 7 heteroatoms. The maximum Gasteiger partial charge on any atom is 0.497 e. The van der Waals surface area contributed by atoms with Crippen molar-refractivity contribution in [3.63, 3.8) is 0 Å². The lowest BCUT2D eigenvalue weighted by atomic mass is 9.78. The minimum atomic E-state index is -1.19. The molecule has 1 aliphatic heterocycles. The molecule has 1 N–H and O–H groups in total. The first-order valence-corrected chi connectivity index (χ1v) is 8.08. The number of amides is 1. The summed E-state index contributed by atoms with van der Waals surface area (Å²) in [6.45, 7) is 11.5. The quantitative estimate of drug-likeness (QED) is 0.858. The average Bonchev–Trinajstić information content (AvgIpc) is 2.67. The van der Waals surface area contributed by atoms with Crippen LogP contribution in [-0.4, -0.2) is 30.8 Å². The van der Waals surface area contributed by atoms with Crippen molar-refractivity contribution in [1.82, 2.24) is 5.32 Å². The normalized spacial score (nSPS) is 19.0. The summed E-state index contributed by atoms with van der Waals surface area (Å²) in [5, 5.41) is 2.57. The van der Waals surface area contributed by atoms with Gasteiger partial charge in [0, 0.05) is 12.0 Å². The SMILES string of the molecule is CC(C)CNC(=O)c1ccc(B2OC(C)(C)C(C)(C)O2)c(F)c1F. The summed E-state index contributed by atoms with van der Waals surface area (Å²) >= 11 is 0. The Morgan fingerprint density at radius 1 is 1.12 bits per heavy atom. The lowest BCUT2D eigenvalue weighted by molar-refractivity contribution is 0.00578. The lowest BCUT2D eigenvalue weighted by Gasteiger charge is -2.32. The van der Waals surface area contributed by atoms with Crippen LogP contribution in [0.25, 0.3) is 0 Å². The van der Waals surface area contributed by atoms with Crippen LogP contribution in [0.4, 0.5) is 8.78 Å². The van der Waals surface area contributed by atoms with E-state index in [4.69, 9.17) is 9.31 Å². The van der Waals surface area contributed by atoms with Crippen LogP contribution in [0.2, 0.25) is 0 Å². The average molecular weight is 339 g/mol. The van der Waals surface area contributed by atoms with Gasteiger partial charge in [-0.2, -0.15) is 0 Å². The lowest BCUT2D eigenvalue weighted by Crippen LogP contribution is -2.41. The van der Waals surface area contributed by atoms with E-state index in [0.717, 1.165) is 0 Å². The fourth-order valence-corrected chi connectivity index (χ4v) is 2.28. The molecule has 1 aromatic carbocycles. The van der Waals surface area contributed by atoms with Crippen LogP contribution in [0.3, 0.4) is 0 Å². The number of rotatable bonds is 4. The molecule has 0 spiro atoms. The van der Waals surface area contributed by atoms with Crippen molar-refractivity contribution >= 4 is 18.5 Å². The zero-order chi connectivity index (χ0) is 18.3. The standard InChI is InChI=1S/C17H24BF2NO3/c1-10(2)9-21-15(22)11-7-8-12(14(20)13(11)19)18-23-16(3,4)17(5,6)24-18/h7-8,10H,9H2,1-6H3,(H,21,22). The second-order valence-corrected chi connectivity index (χ2v) is 7.52. The van der Waals surface area contributed by atoms with Crippen molar-refractivity contribution in [3.8, 4) is 0 Å². The van der Waals surface area contributed by atoms with E-state index in [1.165, 1.54) is 12.1 Å². The smallest absolute Gasteiger partial charge is 0.399 e. The summed E-state index contributed by atoms with van der Waals surface area (Å²) in [7, 11) is -1.02. The largest absolute Gasteiger partial charge is 0.497 e. The molecule has 1 aromatic rings. The molecule has 1 amide bonds. The Balaban J connectivity index is 2.27. The summed E-state index contributed by atoms with van der Waals surface area (Å²) in [6, 6.07) is 2.60. The fourth-order valence-electron chi connectivity index (χ4n) is 2.28. The van der Waals surface area contributed by atoms with Gasteiger partial charge >= 0.3 is 7.12 Å². The Morgan fingerprint density at radius 3 is 2.17 bits per heavy atom. The van der Waals surface area contributed by atoms with E-state index in [1.807, 2.05) is 41.5 Å². The Hall–Kier alpha value is -1.47. The molecule has 0 aliphatic carbocycles. The molecule has 0 atom stereocenters. The molecule has 1 saturated heterocycles. The second kappa shape index (κ2) is 6.45. The van der Waals surface area contributed by atoms with Gasteiger partial charge in [-0.1, -0.05) is 19.9 Å². The van der Waals surface area contributed by atoms with Crippen molar-refractivity contribution in [2.24, 2.45) is 5.92 Å². The monoisotopic (exact) mass is 339 g/mol. The highest BCUT2D eigenvalue weighted by Crippen LogP contribution is 2.36. The first-order valence-electron chi connectivity index (χ1n) is 8.08. The predicted molar refractivity (Wildman–Crippen MR) is 89.2 cm³/mol. The molecule has 1 heterocycles. The summed E-state index contributed by atoms with van der Waals surface area (Å²) in [4.78, 5) is 12.0. The van der Waals surface area contributed by atoms with Crippen molar-refractivity contribution < 1.29 is 22.9 Å². The van der Waals surface area contributed by atoms with E-state index >= 15 is 0 Å². The number of halogens is 2. The number of nitrogens with one attached hydrogen (secondary N) is 1. The third-order valence-electron chi connectivity index (χ3n) is 4.53. The highest BCUT2D eigenvalue weighted by atomic mass is 19.2. The van der Waals surface area contributed by atoms with Crippen molar-refractivity contribution in [3.05, 3.63) is 29.3 Å². The van der Waals surface area contributed by atoms with E-state index in [9.17, 15) is 13.6 Å². The third kappa shape index (κ3) is 3.47. The number of hydrogen-bond acceptors (Lipinski definition) is 3. The van der Waals surface area contributed by atoms with Crippen molar-refractivity contribution in [2.45, 2.75) is 52.7 Å². The first-order chi connectivity index (χ1) is 11.0. The Bertz CT molecular complexity index is 631. The van der Waals surface area contributed by atoms with Crippen LogP contribution in [-0.2, 0) is 9.31 Å². The van der Waals surface area contributed by atoms with E-state index in [0.29, 0.717) is 6.54 Å². The van der Waals surface area contributed by atoms with E-state index in [-0.39, 0.29) is 16.9 Å². The van der Waals surface area contributed by atoms with Crippen LogP contribution in [0.1, 0.15) is 51.9 Å². The van der Waals surface area contributed by atoms with Gasteiger partial charge in [0.2, 0.25) is 0 Å². The molecule has 132 valence electrons. The number of carbonyl (C=O) groups is 1. The summed E-state index contributed by atoms with van der Waals surface area (Å²) in [5.41, 5.74) is -1.69. The Morgan fingerprint density at radius 2 is 1.67 bits per heavy atom. The molecule has 0 saturated carbocycles. The summed E-state index contributed by atoms with van der Waals surface area (Å²) < 4.78 is 40.3. The molecule has 0 radical (unpaired) electrons. The summed E-state index contributed by atoms with van der Waals surface area (Å²) in [6.07, 6.45) is 0. The van der Waals surface area contributed by atoms with Gasteiger partial charge in [0.1, 0.15) is 0 Å². The van der Waals surface area contributed by atoms with Crippen LogP contribution in [0, 0.1) is 17.6 Å². The number of hydrogen-bond donors (Lipinski definition) is 1. The van der Waals surface area contributed by atoms with Gasteiger partial charge in [-0.3, -0.25) is 4.79 Å². The van der Waals surface area contributed by atoms with E-state index in [2.05, 4.69) is 5.32 Å². The Labute approximate surface area is 142 Å². The number of benzene rings is 1. The molecule has 24 heavy (non-hydrogen) atoms. The van der Waals surface area contributed by atoms with Gasteiger partial charge in [0.05, 0.1) is 16.8 Å². The maximum atomic E-state index is 14.5. The zero-order valence-corrected chi connectivity index (χ0v) is 15.0. The molecule has 2 rings (SSSR count). The minimum absolute atomic E-state index is 0.0495. The van der Waals surface area contributed by atoms with Crippen molar-refractivity contribution in [1.29, 1.82) is 0 Å². The predicted octanol–water partition coefficient (Wildman–Crippen LogP) is 2.65. The Kier molecular flexibility index (Phi) is 5.07. The third-order valence-corrected chi connectivity index (χ3v) is 4.53. The zero-order valence-electron chi connectivity index (χ0n) is 15.0. The van der Waals surface area contributed by atoms with Crippen LogP contribution in [0.15, 0.2) is 12.1 Å². The van der Waals surface area contributed by atoms with Gasteiger partial charge in [-0.15, -0.1) is 0 Å². The maximum absolute atomic E-state index is 14.5. The van der Waals surface area contributed by atoms with E-state index in [1.54, 1.807) is 0 Å². The summed E-state index contributed by atoms with van der Waals surface area (Å²) in [5.74, 6) is -2.74. The molecule has 0 aromatic heterocycles. The van der Waals surface area contributed by atoms with Gasteiger partial charge in [0.15, 0.2) is 11.6 Å². The topological polar surface area (TPSA) is 47.6 Å². The molecule has 0 bridgehead atoms. The number of carbonyl (C=O) groups excluding carboxylic acids is 1. The molecular weight excluding hydrogens is 315 g/mol. The first kappa shape index (κ1) is 18.9. The van der Waals surface area contributed by atoms with E-state index < -0.39 is 35.9 Å². The fraction of sp³-hybridized carbons (Fsp3) is 0.588. The highest BCUT2D eigenvalue weighted by Gasteiger charge is 2.52. The van der Waals surface area contributed by atoms with Crippen molar-refractivity contribution in [2.75, 3.05) is 6.54 Å². The highest BCUT2D eigenvalue weighted by molar-refractivity contribution is 6.62. The molecule has 1 aliphatic rings. The van der Waals surface area contributed by atoms with Gasteiger partial charge in [0.25, 0.3) is 5.91 Å². The minimum Gasteiger partial charge on any atom is -0.399 e. The molecule has 4 nitrogen and oxygen atoms in total. The van der Waals surface area contributed by atoms with Gasteiger partial charge in [-0.25, -0.2) is 8.78 Å².